The molecule has 0 aliphatic carbocycles. The molecule has 0 aliphatic heterocycles. The number of anilines is 1. The van der Waals surface area contributed by atoms with Crippen LogP contribution in [0.25, 0.3) is 10.8 Å². The number of carbonyl (C=O) groups excluding carboxylic acids is 1. The first-order valence-corrected chi connectivity index (χ1v) is 6.73. The molecular formula is C13H12BrNOS. The summed E-state index contributed by atoms with van der Waals surface area (Å²) in [5.74, 6) is 0.549. The lowest BCUT2D eigenvalue weighted by Gasteiger charge is -2.09. The van der Waals surface area contributed by atoms with Gasteiger partial charge in [0.2, 0.25) is 5.91 Å². The number of fused-ring (bicyclic) bond motifs is 1. The Morgan fingerprint density at radius 2 is 1.88 bits per heavy atom. The molecule has 0 bridgehead atoms. The lowest BCUT2D eigenvalue weighted by Crippen LogP contribution is -2.11. The average Bonchev–Trinajstić information content (AvgIpc) is 2.34. The largest absolute Gasteiger partial charge is 0.325 e. The van der Waals surface area contributed by atoms with E-state index in [0.29, 0.717) is 12.2 Å². The van der Waals surface area contributed by atoms with E-state index in [4.69, 9.17) is 0 Å². The summed E-state index contributed by atoms with van der Waals surface area (Å²) in [6.07, 6.45) is 0.424. The van der Waals surface area contributed by atoms with Crippen LogP contribution in [0, 0.1) is 0 Å². The van der Waals surface area contributed by atoms with Crippen LogP contribution >= 0.6 is 28.6 Å². The first-order chi connectivity index (χ1) is 8.22. The summed E-state index contributed by atoms with van der Waals surface area (Å²) in [5.41, 5.74) is 0.843. The Labute approximate surface area is 114 Å². The normalized spacial score (nSPS) is 10.5. The van der Waals surface area contributed by atoms with Gasteiger partial charge in [0.25, 0.3) is 0 Å². The highest BCUT2D eigenvalue weighted by molar-refractivity contribution is 9.10. The Kier molecular flexibility index (Phi) is 4.07. The van der Waals surface area contributed by atoms with Crippen molar-refractivity contribution in [2.45, 2.75) is 6.42 Å². The van der Waals surface area contributed by atoms with Gasteiger partial charge in [0, 0.05) is 22.0 Å². The van der Waals surface area contributed by atoms with Gasteiger partial charge in [0.15, 0.2) is 0 Å². The van der Waals surface area contributed by atoms with E-state index in [2.05, 4.69) is 33.9 Å². The summed E-state index contributed by atoms with van der Waals surface area (Å²) in [6.45, 7) is 0. The summed E-state index contributed by atoms with van der Waals surface area (Å²) in [7, 11) is 0. The van der Waals surface area contributed by atoms with E-state index in [-0.39, 0.29) is 5.91 Å². The molecule has 2 nitrogen and oxygen atoms in total. The predicted molar refractivity (Wildman–Crippen MR) is 78.7 cm³/mol. The van der Waals surface area contributed by atoms with Crippen molar-refractivity contribution in [1.29, 1.82) is 0 Å². The molecule has 17 heavy (non-hydrogen) atoms. The maximum Gasteiger partial charge on any atom is 0.225 e. The molecule has 0 fully saturated rings. The maximum absolute atomic E-state index is 11.6. The molecular weight excluding hydrogens is 298 g/mol. The quantitative estimate of drug-likeness (QED) is 0.828. The van der Waals surface area contributed by atoms with Crippen molar-refractivity contribution in [3.05, 3.63) is 40.9 Å². The predicted octanol–water partition coefficient (Wildman–Crippen LogP) is 3.86. The van der Waals surface area contributed by atoms with Gasteiger partial charge in [-0.1, -0.05) is 40.2 Å². The Hall–Kier alpha value is -1.00. The van der Waals surface area contributed by atoms with Crippen molar-refractivity contribution >= 4 is 50.9 Å². The second-order valence-electron chi connectivity index (χ2n) is 3.66. The summed E-state index contributed by atoms with van der Waals surface area (Å²) < 4.78 is 1.03. The summed E-state index contributed by atoms with van der Waals surface area (Å²) >= 11 is 7.55. The van der Waals surface area contributed by atoms with Gasteiger partial charge in [-0.3, -0.25) is 4.79 Å². The molecule has 0 aliphatic rings. The fraction of sp³-hybridized carbons (Fsp3) is 0.154. The zero-order chi connectivity index (χ0) is 12.3. The van der Waals surface area contributed by atoms with Crippen LogP contribution in [-0.4, -0.2) is 11.7 Å². The van der Waals surface area contributed by atoms with Crippen LogP contribution < -0.4 is 5.32 Å². The Morgan fingerprint density at radius 3 is 2.59 bits per heavy atom. The van der Waals surface area contributed by atoms with E-state index in [9.17, 15) is 4.79 Å². The molecule has 0 unspecified atom stereocenters. The van der Waals surface area contributed by atoms with Gasteiger partial charge in [-0.05, 0) is 23.3 Å². The molecule has 2 aromatic carbocycles. The van der Waals surface area contributed by atoms with Crippen LogP contribution in [0.3, 0.4) is 0 Å². The van der Waals surface area contributed by atoms with Crippen molar-refractivity contribution in [2.24, 2.45) is 0 Å². The molecule has 0 saturated heterocycles. The standard InChI is InChI=1S/C13H12BrNOS/c14-11-5-6-12(15-13(16)7-8-17)10-4-2-1-3-9(10)11/h1-6,17H,7-8H2,(H,15,16). The minimum atomic E-state index is -0.00697. The molecule has 0 spiro atoms. The molecule has 88 valence electrons. The molecule has 0 saturated carbocycles. The second kappa shape index (κ2) is 5.56. The van der Waals surface area contributed by atoms with E-state index in [1.807, 2.05) is 36.4 Å². The lowest BCUT2D eigenvalue weighted by molar-refractivity contribution is -0.115. The third-order valence-corrected chi connectivity index (χ3v) is 3.40. The third-order valence-electron chi connectivity index (χ3n) is 2.48. The Balaban J connectivity index is 2.41. The molecule has 2 aromatic rings. The number of thiol groups is 1. The number of halogens is 1. The Bertz CT molecular complexity index is 556. The van der Waals surface area contributed by atoms with E-state index < -0.39 is 0 Å². The number of hydrogen-bond acceptors (Lipinski definition) is 2. The third kappa shape index (κ3) is 2.82. The van der Waals surface area contributed by atoms with Gasteiger partial charge in [-0.2, -0.15) is 12.6 Å². The van der Waals surface area contributed by atoms with Crippen LogP contribution in [0.2, 0.25) is 0 Å². The number of benzene rings is 2. The maximum atomic E-state index is 11.6. The van der Waals surface area contributed by atoms with Gasteiger partial charge in [-0.25, -0.2) is 0 Å². The molecule has 0 heterocycles. The molecule has 0 radical (unpaired) electrons. The summed E-state index contributed by atoms with van der Waals surface area (Å²) in [4.78, 5) is 11.6. The number of rotatable bonds is 3. The molecule has 1 N–H and O–H groups in total. The first-order valence-electron chi connectivity index (χ1n) is 5.30. The number of amides is 1. The highest BCUT2D eigenvalue weighted by Crippen LogP contribution is 2.29. The van der Waals surface area contributed by atoms with Gasteiger partial charge < -0.3 is 5.32 Å². The van der Waals surface area contributed by atoms with Crippen molar-refractivity contribution in [3.8, 4) is 0 Å². The average molecular weight is 310 g/mol. The van der Waals surface area contributed by atoms with Gasteiger partial charge in [-0.15, -0.1) is 0 Å². The minimum Gasteiger partial charge on any atom is -0.325 e. The fourth-order valence-electron chi connectivity index (χ4n) is 1.69. The van der Waals surface area contributed by atoms with Crippen LogP contribution in [0.5, 0.6) is 0 Å². The van der Waals surface area contributed by atoms with Crippen molar-refractivity contribution in [3.63, 3.8) is 0 Å². The van der Waals surface area contributed by atoms with E-state index >= 15 is 0 Å². The number of nitrogens with one attached hydrogen (secondary N) is 1. The minimum absolute atomic E-state index is 0.00697. The molecule has 0 atom stereocenters. The van der Waals surface area contributed by atoms with Crippen molar-refractivity contribution in [1.82, 2.24) is 0 Å². The number of carbonyl (C=O) groups is 1. The summed E-state index contributed by atoms with van der Waals surface area (Å²) in [6, 6.07) is 11.8. The monoisotopic (exact) mass is 309 g/mol. The number of hydrogen-bond donors (Lipinski definition) is 2. The lowest BCUT2D eigenvalue weighted by atomic mass is 10.1. The highest BCUT2D eigenvalue weighted by Gasteiger charge is 2.06. The fourth-order valence-corrected chi connectivity index (χ4v) is 2.37. The SMILES string of the molecule is O=C(CCS)Nc1ccc(Br)c2ccccc12. The highest BCUT2D eigenvalue weighted by atomic mass is 79.9. The van der Waals surface area contributed by atoms with Crippen molar-refractivity contribution < 1.29 is 4.79 Å². The van der Waals surface area contributed by atoms with Crippen LogP contribution in [0.15, 0.2) is 40.9 Å². The molecule has 0 aromatic heterocycles. The van der Waals surface area contributed by atoms with Gasteiger partial charge >= 0.3 is 0 Å². The molecule has 1 amide bonds. The van der Waals surface area contributed by atoms with Crippen LogP contribution in [0.1, 0.15) is 6.42 Å². The van der Waals surface area contributed by atoms with Crippen LogP contribution in [0.4, 0.5) is 5.69 Å². The molecule has 2 rings (SSSR count). The second-order valence-corrected chi connectivity index (χ2v) is 4.96. The first kappa shape index (κ1) is 12.5. The van der Waals surface area contributed by atoms with Crippen molar-refractivity contribution in [2.75, 3.05) is 11.1 Å². The zero-order valence-electron chi connectivity index (χ0n) is 9.11. The Morgan fingerprint density at radius 1 is 1.18 bits per heavy atom. The topological polar surface area (TPSA) is 29.1 Å². The van der Waals surface area contributed by atoms with Gasteiger partial charge in [0.1, 0.15) is 0 Å². The smallest absolute Gasteiger partial charge is 0.225 e. The van der Waals surface area contributed by atoms with Gasteiger partial charge in [0.05, 0.1) is 0 Å². The van der Waals surface area contributed by atoms with Crippen LogP contribution in [-0.2, 0) is 4.79 Å². The molecule has 4 heteroatoms. The van der Waals surface area contributed by atoms with E-state index in [1.54, 1.807) is 0 Å². The zero-order valence-corrected chi connectivity index (χ0v) is 11.6. The summed E-state index contributed by atoms with van der Waals surface area (Å²) in [5, 5.41) is 5.03. The van der Waals surface area contributed by atoms with E-state index in [1.165, 1.54) is 0 Å². The van der Waals surface area contributed by atoms with E-state index in [0.717, 1.165) is 20.9 Å².